The van der Waals surface area contributed by atoms with E-state index in [0.29, 0.717) is 36.7 Å². The molecule has 0 spiro atoms. The van der Waals surface area contributed by atoms with E-state index < -0.39 is 0 Å². The number of methoxy groups -OCH3 is 2. The number of nitrogens with zero attached hydrogens (tertiary/aromatic N) is 3. The Balaban J connectivity index is 1.32. The Morgan fingerprint density at radius 2 is 2.06 bits per heavy atom. The van der Waals surface area contributed by atoms with Gasteiger partial charge in [0.05, 0.1) is 37.4 Å². The van der Waals surface area contributed by atoms with Crippen LogP contribution >= 0.6 is 0 Å². The molecule has 1 aliphatic rings. The predicted molar refractivity (Wildman–Crippen MR) is 123 cm³/mol. The number of rotatable bonds is 6. The molecule has 0 saturated heterocycles. The van der Waals surface area contributed by atoms with Crippen molar-refractivity contribution < 1.29 is 13.9 Å². The van der Waals surface area contributed by atoms with Crippen LogP contribution in [-0.2, 0) is 19.5 Å². The van der Waals surface area contributed by atoms with Gasteiger partial charge < -0.3 is 18.9 Å². The Morgan fingerprint density at radius 1 is 1.15 bits per heavy atom. The molecule has 33 heavy (non-hydrogen) atoms. The van der Waals surface area contributed by atoms with Crippen LogP contribution in [0.15, 0.2) is 64.1 Å². The fourth-order valence-electron chi connectivity index (χ4n) is 4.10. The zero-order valence-corrected chi connectivity index (χ0v) is 18.5. The molecule has 0 unspecified atom stereocenters. The van der Waals surface area contributed by atoms with E-state index in [4.69, 9.17) is 13.9 Å². The maximum atomic E-state index is 12.7. The number of fused-ring (bicyclic) bond motifs is 1. The Kier molecular flexibility index (Phi) is 5.66. The Bertz CT molecular complexity index is 1310. The van der Waals surface area contributed by atoms with Gasteiger partial charge in [0.2, 0.25) is 0 Å². The van der Waals surface area contributed by atoms with Gasteiger partial charge in [0.1, 0.15) is 11.5 Å². The lowest BCUT2D eigenvalue weighted by molar-refractivity contribution is 0.241. The molecule has 4 heterocycles. The van der Waals surface area contributed by atoms with Crippen LogP contribution in [0.2, 0.25) is 0 Å². The molecule has 4 aromatic rings. The van der Waals surface area contributed by atoms with E-state index in [2.05, 4.69) is 25.9 Å². The Hall–Kier alpha value is -3.91. The van der Waals surface area contributed by atoms with E-state index in [1.54, 1.807) is 32.6 Å². The summed E-state index contributed by atoms with van der Waals surface area (Å²) >= 11 is 0. The molecule has 168 valence electrons. The van der Waals surface area contributed by atoms with Crippen LogP contribution in [0.1, 0.15) is 16.8 Å². The first-order valence-electron chi connectivity index (χ1n) is 10.7. The monoisotopic (exact) mass is 444 g/mol. The summed E-state index contributed by atoms with van der Waals surface area (Å²) in [6, 6.07) is 13.3. The zero-order valence-electron chi connectivity index (χ0n) is 18.5. The number of pyridine rings is 1. The molecule has 0 atom stereocenters. The van der Waals surface area contributed by atoms with Crippen LogP contribution < -0.4 is 15.0 Å². The molecule has 0 bridgehead atoms. The number of ether oxygens (including phenoxy) is 2. The van der Waals surface area contributed by atoms with Gasteiger partial charge in [-0.05, 0) is 42.0 Å². The zero-order chi connectivity index (χ0) is 22.8. The molecule has 5 rings (SSSR count). The minimum Gasteiger partial charge on any atom is -0.497 e. The molecule has 0 fully saturated rings. The quantitative estimate of drug-likeness (QED) is 0.485. The van der Waals surface area contributed by atoms with Crippen LogP contribution in [0.3, 0.4) is 0 Å². The third kappa shape index (κ3) is 4.25. The lowest BCUT2D eigenvalue weighted by atomic mass is 10.1. The van der Waals surface area contributed by atoms with E-state index in [0.717, 1.165) is 40.6 Å². The van der Waals surface area contributed by atoms with Crippen molar-refractivity contribution in [2.45, 2.75) is 19.5 Å². The van der Waals surface area contributed by atoms with Gasteiger partial charge in [-0.25, -0.2) is 4.98 Å². The van der Waals surface area contributed by atoms with Gasteiger partial charge in [0.25, 0.3) is 5.56 Å². The molecule has 8 nitrogen and oxygen atoms in total. The molecule has 1 aliphatic heterocycles. The molecule has 1 N–H and O–H groups in total. The number of nitrogens with one attached hydrogen (secondary N) is 1. The number of aromatic amines is 1. The van der Waals surface area contributed by atoms with Gasteiger partial charge in [0.15, 0.2) is 11.6 Å². The number of furan rings is 1. The van der Waals surface area contributed by atoms with Crippen molar-refractivity contribution >= 4 is 0 Å². The first-order valence-corrected chi connectivity index (χ1v) is 10.7. The fraction of sp³-hybridized carbons (Fsp3) is 0.240. The molecular formula is C25H24N4O4. The summed E-state index contributed by atoms with van der Waals surface area (Å²) in [6.45, 7) is 2.05. The highest BCUT2D eigenvalue weighted by atomic mass is 16.5. The van der Waals surface area contributed by atoms with E-state index in [-0.39, 0.29) is 5.56 Å². The number of aromatic nitrogens is 3. The molecular weight excluding hydrogens is 420 g/mol. The Labute approximate surface area is 190 Å². The van der Waals surface area contributed by atoms with Crippen molar-refractivity contribution in [1.82, 2.24) is 19.9 Å². The molecule has 8 heteroatoms. The van der Waals surface area contributed by atoms with E-state index >= 15 is 0 Å². The average molecular weight is 444 g/mol. The van der Waals surface area contributed by atoms with Crippen molar-refractivity contribution in [1.29, 1.82) is 0 Å². The number of hydrogen-bond acceptors (Lipinski definition) is 7. The van der Waals surface area contributed by atoms with Crippen LogP contribution in [-0.4, -0.2) is 40.6 Å². The highest BCUT2D eigenvalue weighted by molar-refractivity contribution is 5.69. The minimum atomic E-state index is -0.116. The average Bonchev–Trinajstić information content (AvgIpc) is 3.39. The first-order chi connectivity index (χ1) is 16.1. The summed E-state index contributed by atoms with van der Waals surface area (Å²) in [4.78, 5) is 27.0. The molecule has 0 aliphatic carbocycles. The molecule has 1 aromatic carbocycles. The molecule has 0 saturated carbocycles. The van der Waals surface area contributed by atoms with Crippen LogP contribution in [0.25, 0.3) is 22.8 Å². The van der Waals surface area contributed by atoms with Gasteiger partial charge in [0, 0.05) is 37.8 Å². The largest absolute Gasteiger partial charge is 0.497 e. The third-order valence-corrected chi connectivity index (χ3v) is 5.82. The maximum Gasteiger partial charge on any atom is 0.256 e. The molecule has 0 radical (unpaired) electrons. The summed E-state index contributed by atoms with van der Waals surface area (Å²) in [5, 5.41) is 0. The van der Waals surface area contributed by atoms with Crippen LogP contribution in [0, 0.1) is 0 Å². The topological polar surface area (TPSA) is 93.5 Å². The lowest BCUT2D eigenvalue weighted by Crippen LogP contribution is -2.35. The van der Waals surface area contributed by atoms with Gasteiger partial charge in [-0.15, -0.1) is 0 Å². The smallest absolute Gasteiger partial charge is 0.256 e. The number of H-pyrrole nitrogens is 1. The number of hydrogen-bond donors (Lipinski definition) is 1. The highest BCUT2D eigenvalue weighted by Crippen LogP contribution is 2.32. The van der Waals surface area contributed by atoms with Crippen molar-refractivity contribution in [3.8, 4) is 34.3 Å². The van der Waals surface area contributed by atoms with Crippen molar-refractivity contribution in [2.24, 2.45) is 0 Å². The second kappa shape index (κ2) is 8.91. The summed E-state index contributed by atoms with van der Waals surface area (Å²) < 4.78 is 16.2. The summed E-state index contributed by atoms with van der Waals surface area (Å²) in [5.41, 5.74) is 4.18. The van der Waals surface area contributed by atoms with Crippen molar-refractivity contribution in [3.05, 3.63) is 82.1 Å². The van der Waals surface area contributed by atoms with Gasteiger partial charge in [-0.3, -0.25) is 14.7 Å². The second-order valence-corrected chi connectivity index (χ2v) is 7.90. The maximum absolute atomic E-state index is 12.7. The third-order valence-electron chi connectivity index (χ3n) is 5.82. The minimum absolute atomic E-state index is 0.116. The lowest BCUT2D eigenvalue weighted by Gasteiger charge is -2.27. The van der Waals surface area contributed by atoms with E-state index in [1.807, 2.05) is 30.5 Å². The van der Waals surface area contributed by atoms with E-state index in [1.165, 1.54) is 0 Å². The summed E-state index contributed by atoms with van der Waals surface area (Å²) in [6.07, 6.45) is 4.14. The van der Waals surface area contributed by atoms with Crippen molar-refractivity contribution in [3.63, 3.8) is 0 Å². The highest BCUT2D eigenvalue weighted by Gasteiger charge is 2.22. The fourth-order valence-corrected chi connectivity index (χ4v) is 4.10. The second-order valence-electron chi connectivity index (χ2n) is 7.90. The summed E-state index contributed by atoms with van der Waals surface area (Å²) in [7, 11) is 3.28. The van der Waals surface area contributed by atoms with Gasteiger partial charge >= 0.3 is 0 Å². The summed E-state index contributed by atoms with van der Waals surface area (Å²) in [5.74, 6) is 2.53. The standard InChI is InChI=1S/C25H24N4O4/c1-31-17-6-8-22(32-2)18(12-17)20-7-5-16(13-26-20)14-29-10-9-21-19(15-29)25(30)28-24(27-21)23-4-3-11-33-23/h3-8,11-13H,9-10,14-15H2,1-2H3,(H,27,28,30). The normalized spacial score (nSPS) is 13.5. The SMILES string of the molecule is COc1ccc(OC)c(-c2ccc(CN3CCc4nc(-c5ccco5)[nH]c(=O)c4C3)cn2)c1. The van der Waals surface area contributed by atoms with Crippen LogP contribution in [0.5, 0.6) is 11.5 Å². The van der Waals surface area contributed by atoms with Gasteiger partial charge in [-0.1, -0.05) is 6.07 Å². The first kappa shape index (κ1) is 21.0. The molecule has 3 aromatic heterocycles. The number of benzene rings is 1. The van der Waals surface area contributed by atoms with Crippen molar-refractivity contribution in [2.75, 3.05) is 20.8 Å². The van der Waals surface area contributed by atoms with Gasteiger partial charge in [-0.2, -0.15) is 0 Å². The van der Waals surface area contributed by atoms with E-state index in [9.17, 15) is 4.79 Å². The Morgan fingerprint density at radius 3 is 2.79 bits per heavy atom. The van der Waals surface area contributed by atoms with Crippen LogP contribution in [0.4, 0.5) is 0 Å². The predicted octanol–water partition coefficient (Wildman–Crippen LogP) is 3.67. The molecule has 0 amide bonds.